The number of carbonyl (C=O) groups excluding carboxylic acids is 1. The summed E-state index contributed by atoms with van der Waals surface area (Å²) in [5, 5.41) is 7.03. The van der Waals surface area contributed by atoms with E-state index in [4.69, 9.17) is 16.3 Å². The van der Waals surface area contributed by atoms with Gasteiger partial charge in [0.25, 0.3) is 5.91 Å². The van der Waals surface area contributed by atoms with Gasteiger partial charge in [-0.25, -0.2) is 0 Å². The SMILES string of the molecule is C.O=C(NCC12CCCC(CCC1)C2)c1cc(OC2CCNCC2)ccc1Cl. The van der Waals surface area contributed by atoms with Crippen LogP contribution in [-0.4, -0.2) is 31.6 Å². The predicted molar refractivity (Wildman–Crippen MR) is 115 cm³/mol. The minimum Gasteiger partial charge on any atom is -0.490 e. The molecule has 2 bridgehead atoms. The maximum atomic E-state index is 12.8. The van der Waals surface area contributed by atoms with Crippen LogP contribution in [0.25, 0.3) is 0 Å². The zero-order valence-electron chi connectivity index (χ0n) is 16.1. The number of amides is 1. The number of halogens is 1. The summed E-state index contributed by atoms with van der Waals surface area (Å²) in [6.07, 6.45) is 11.3. The van der Waals surface area contributed by atoms with Crippen LogP contribution in [0.1, 0.15) is 75.6 Å². The van der Waals surface area contributed by atoms with Gasteiger partial charge in [0.05, 0.1) is 10.6 Å². The average molecular weight is 407 g/mol. The minimum atomic E-state index is -0.0715. The third kappa shape index (κ3) is 5.01. The van der Waals surface area contributed by atoms with Crippen molar-refractivity contribution < 1.29 is 9.53 Å². The molecule has 0 radical (unpaired) electrons. The molecule has 1 aromatic rings. The molecule has 156 valence electrons. The quantitative estimate of drug-likeness (QED) is 0.706. The second-order valence-corrected chi connectivity index (χ2v) is 9.15. The van der Waals surface area contributed by atoms with E-state index in [2.05, 4.69) is 10.6 Å². The first kappa shape index (κ1) is 21.4. The van der Waals surface area contributed by atoms with Gasteiger partial charge in [-0.1, -0.05) is 44.7 Å². The fourth-order valence-electron chi connectivity index (χ4n) is 5.29. The molecule has 3 aliphatic rings. The highest BCUT2D eigenvalue weighted by Gasteiger charge is 2.39. The zero-order valence-corrected chi connectivity index (χ0v) is 16.8. The van der Waals surface area contributed by atoms with Crippen molar-refractivity contribution in [2.24, 2.45) is 11.3 Å². The fourth-order valence-corrected chi connectivity index (χ4v) is 5.49. The summed E-state index contributed by atoms with van der Waals surface area (Å²) < 4.78 is 6.08. The Labute approximate surface area is 174 Å². The van der Waals surface area contributed by atoms with Crippen molar-refractivity contribution in [3.05, 3.63) is 28.8 Å². The number of piperidine rings is 1. The van der Waals surface area contributed by atoms with Crippen LogP contribution in [-0.2, 0) is 0 Å². The summed E-state index contributed by atoms with van der Waals surface area (Å²) in [4.78, 5) is 12.8. The second kappa shape index (κ2) is 9.49. The van der Waals surface area contributed by atoms with Crippen LogP contribution in [0.15, 0.2) is 18.2 Å². The predicted octanol–water partition coefficient (Wildman–Crippen LogP) is 5.20. The average Bonchev–Trinajstić information content (AvgIpc) is 2.69. The number of hydrogen-bond donors (Lipinski definition) is 2. The van der Waals surface area contributed by atoms with Gasteiger partial charge in [-0.3, -0.25) is 4.79 Å². The third-order valence-corrected chi connectivity index (χ3v) is 7.09. The molecule has 2 aliphatic carbocycles. The van der Waals surface area contributed by atoms with Crippen LogP contribution in [0.3, 0.4) is 0 Å². The van der Waals surface area contributed by atoms with Gasteiger partial charge in [0.2, 0.25) is 0 Å². The highest BCUT2D eigenvalue weighted by Crippen LogP contribution is 2.48. The van der Waals surface area contributed by atoms with Crippen molar-refractivity contribution in [3.63, 3.8) is 0 Å². The van der Waals surface area contributed by atoms with Gasteiger partial charge in [-0.05, 0) is 74.7 Å². The third-order valence-electron chi connectivity index (χ3n) is 6.76. The van der Waals surface area contributed by atoms with Crippen molar-refractivity contribution in [1.29, 1.82) is 0 Å². The smallest absolute Gasteiger partial charge is 0.252 e. The van der Waals surface area contributed by atoms with Gasteiger partial charge in [0.1, 0.15) is 11.9 Å². The minimum absolute atomic E-state index is 0. The first-order valence-electron chi connectivity index (χ1n) is 10.6. The van der Waals surface area contributed by atoms with Crippen LogP contribution in [0, 0.1) is 11.3 Å². The zero-order chi connectivity index (χ0) is 18.7. The number of carbonyl (C=O) groups is 1. The van der Waals surface area contributed by atoms with Gasteiger partial charge < -0.3 is 15.4 Å². The van der Waals surface area contributed by atoms with Gasteiger partial charge in [-0.2, -0.15) is 0 Å². The van der Waals surface area contributed by atoms with E-state index in [9.17, 15) is 4.79 Å². The Morgan fingerprint density at radius 2 is 1.89 bits per heavy atom. The lowest BCUT2D eigenvalue weighted by atomic mass is 9.62. The van der Waals surface area contributed by atoms with E-state index >= 15 is 0 Å². The fraction of sp³-hybridized carbons (Fsp3) is 0.696. The summed E-state index contributed by atoms with van der Waals surface area (Å²) in [5.74, 6) is 1.54. The van der Waals surface area contributed by atoms with E-state index in [0.717, 1.165) is 44.1 Å². The molecule has 4 rings (SSSR count). The molecule has 2 saturated carbocycles. The number of ether oxygens (including phenoxy) is 1. The molecule has 0 aromatic heterocycles. The molecule has 5 heteroatoms. The van der Waals surface area contributed by atoms with E-state index in [1.54, 1.807) is 6.07 Å². The Bertz CT molecular complexity index is 663. The highest BCUT2D eigenvalue weighted by molar-refractivity contribution is 6.33. The largest absolute Gasteiger partial charge is 0.490 e. The van der Waals surface area contributed by atoms with Crippen LogP contribution in [0.4, 0.5) is 0 Å². The van der Waals surface area contributed by atoms with Crippen molar-refractivity contribution >= 4 is 17.5 Å². The van der Waals surface area contributed by atoms with Gasteiger partial charge in [0.15, 0.2) is 0 Å². The molecular weight excluding hydrogens is 372 g/mol. The molecule has 0 atom stereocenters. The lowest BCUT2D eigenvalue weighted by Crippen LogP contribution is -2.43. The number of nitrogens with one attached hydrogen (secondary N) is 2. The van der Waals surface area contributed by atoms with E-state index in [1.165, 1.54) is 44.9 Å². The Morgan fingerprint density at radius 1 is 1.18 bits per heavy atom. The monoisotopic (exact) mass is 406 g/mol. The summed E-state index contributed by atoms with van der Waals surface area (Å²) >= 11 is 6.33. The van der Waals surface area contributed by atoms with Crippen LogP contribution >= 0.6 is 11.6 Å². The van der Waals surface area contributed by atoms with Crippen molar-refractivity contribution in [1.82, 2.24) is 10.6 Å². The first-order valence-corrected chi connectivity index (χ1v) is 11.0. The molecule has 4 nitrogen and oxygen atoms in total. The molecule has 1 aliphatic heterocycles. The topological polar surface area (TPSA) is 50.4 Å². The molecule has 3 fully saturated rings. The van der Waals surface area contributed by atoms with Crippen LogP contribution in [0.5, 0.6) is 5.75 Å². The van der Waals surface area contributed by atoms with Crippen molar-refractivity contribution in [2.75, 3.05) is 19.6 Å². The first-order chi connectivity index (χ1) is 13.1. The molecule has 0 unspecified atom stereocenters. The maximum Gasteiger partial charge on any atom is 0.252 e. The summed E-state index contributed by atoms with van der Waals surface area (Å²) in [6.45, 7) is 2.74. The Kier molecular flexibility index (Phi) is 7.27. The van der Waals surface area contributed by atoms with Gasteiger partial charge >= 0.3 is 0 Å². The molecule has 1 heterocycles. The second-order valence-electron chi connectivity index (χ2n) is 8.75. The van der Waals surface area contributed by atoms with E-state index in [-0.39, 0.29) is 19.4 Å². The molecule has 28 heavy (non-hydrogen) atoms. The van der Waals surface area contributed by atoms with Crippen LogP contribution < -0.4 is 15.4 Å². The van der Waals surface area contributed by atoms with Crippen molar-refractivity contribution in [3.8, 4) is 5.75 Å². The number of benzene rings is 1. The lowest BCUT2D eigenvalue weighted by Gasteiger charge is -2.45. The molecule has 1 saturated heterocycles. The molecule has 1 aromatic carbocycles. The van der Waals surface area contributed by atoms with E-state index in [1.807, 2.05) is 12.1 Å². The lowest BCUT2D eigenvalue weighted by molar-refractivity contribution is 0.0681. The van der Waals surface area contributed by atoms with E-state index in [0.29, 0.717) is 16.0 Å². The number of rotatable bonds is 5. The van der Waals surface area contributed by atoms with Gasteiger partial charge in [0, 0.05) is 6.54 Å². The van der Waals surface area contributed by atoms with Crippen molar-refractivity contribution in [2.45, 2.75) is 71.3 Å². The molecule has 1 amide bonds. The molecule has 0 spiro atoms. The summed E-state index contributed by atoms with van der Waals surface area (Å²) in [5.41, 5.74) is 0.842. The summed E-state index contributed by atoms with van der Waals surface area (Å²) in [7, 11) is 0. The number of hydrogen-bond acceptors (Lipinski definition) is 3. The summed E-state index contributed by atoms with van der Waals surface area (Å²) in [6, 6.07) is 5.46. The Morgan fingerprint density at radius 3 is 2.61 bits per heavy atom. The van der Waals surface area contributed by atoms with Gasteiger partial charge in [-0.15, -0.1) is 0 Å². The van der Waals surface area contributed by atoms with E-state index < -0.39 is 0 Å². The molecule has 2 N–H and O–H groups in total. The maximum absolute atomic E-state index is 12.8. The normalized spacial score (nSPS) is 27.5. The standard InChI is InChI=1S/C22H31ClN2O2.CH4/c23-20-6-5-18(27-17-7-11-24-12-8-17)13-19(20)21(26)25-15-22-9-1-3-16(14-22)4-2-10-22;/h5-6,13,16-17,24H,1-4,7-12,14-15H2,(H,25,26);1H4. The Balaban J connectivity index is 0.00000225. The highest BCUT2D eigenvalue weighted by atomic mass is 35.5. The van der Waals surface area contributed by atoms with Crippen LogP contribution in [0.2, 0.25) is 5.02 Å². The molecular formula is C23H35ClN2O2. The number of fused-ring (bicyclic) bond motifs is 2. The Hall–Kier alpha value is -1.26.